The molecule has 0 N–H and O–H groups in total. The highest BCUT2D eigenvalue weighted by Crippen LogP contribution is 2.10. The van der Waals surface area contributed by atoms with Gasteiger partial charge in [-0.25, -0.2) is 4.68 Å². The van der Waals surface area contributed by atoms with Crippen LogP contribution in [0.1, 0.15) is 16.8 Å². The Morgan fingerprint density at radius 1 is 1.42 bits per heavy atom. The number of rotatable bonds is 4. The Morgan fingerprint density at radius 2 is 2.16 bits per heavy atom. The first-order valence-corrected chi connectivity index (χ1v) is 5.95. The minimum Gasteiger partial charge on any atom is -0.341 e. The topological polar surface area (TPSA) is 61.9 Å². The minimum absolute atomic E-state index is 0.0812. The van der Waals surface area contributed by atoms with Crippen molar-refractivity contribution in [1.29, 1.82) is 5.26 Å². The monoisotopic (exact) mass is 254 g/mol. The van der Waals surface area contributed by atoms with Crippen LogP contribution in [0.15, 0.2) is 42.7 Å². The summed E-state index contributed by atoms with van der Waals surface area (Å²) in [6.45, 7) is 0.441. The van der Waals surface area contributed by atoms with E-state index in [1.807, 2.05) is 30.5 Å². The highest BCUT2D eigenvalue weighted by atomic mass is 16.2. The second-order valence-electron chi connectivity index (χ2n) is 4.13. The molecule has 0 aliphatic rings. The lowest BCUT2D eigenvalue weighted by Gasteiger charge is -2.15. The molecule has 0 saturated carbocycles. The van der Waals surface area contributed by atoms with Crippen molar-refractivity contribution < 1.29 is 4.79 Å². The summed E-state index contributed by atoms with van der Waals surface area (Å²) in [7, 11) is 1.70. The molecule has 0 radical (unpaired) electrons. The predicted octanol–water partition coefficient (Wildman–Crippen LogP) is 1.86. The molecule has 2 aromatic rings. The van der Waals surface area contributed by atoms with Crippen molar-refractivity contribution in [2.24, 2.45) is 0 Å². The molecule has 1 aromatic carbocycles. The zero-order valence-corrected chi connectivity index (χ0v) is 10.7. The number of aromatic nitrogens is 2. The Hall–Kier alpha value is -2.61. The van der Waals surface area contributed by atoms with Crippen LogP contribution in [0.3, 0.4) is 0 Å². The SMILES string of the molecule is CN(CCC#N)C(=O)c1ccc(-n2cccn2)cc1. The standard InChI is InChI=1S/C14H14N4O/c1-17(10-2-8-15)14(19)12-4-6-13(7-5-12)18-11-3-9-16-18/h3-7,9,11H,2,10H2,1H3. The number of nitrogens with zero attached hydrogens (tertiary/aromatic N) is 4. The molecule has 0 unspecified atom stereocenters. The summed E-state index contributed by atoms with van der Waals surface area (Å²) >= 11 is 0. The molecule has 1 heterocycles. The molecule has 0 spiro atoms. The third kappa shape index (κ3) is 2.99. The second kappa shape index (κ2) is 5.83. The zero-order valence-electron chi connectivity index (χ0n) is 10.7. The molecule has 0 bridgehead atoms. The van der Waals surface area contributed by atoms with Crippen molar-refractivity contribution in [3.05, 3.63) is 48.3 Å². The van der Waals surface area contributed by atoms with Crippen LogP contribution in [0, 0.1) is 11.3 Å². The normalized spacial score (nSPS) is 9.89. The van der Waals surface area contributed by atoms with Crippen molar-refractivity contribution in [2.75, 3.05) is 13.6 Å². The Balaban J connectivity index is 2.10. The van der Waals surface area contributed by atoms with E-state index in [1.165, 1.54) is 0 Å². The second-order valence-corrected chi connectivity index (χ2v) is 4.13. The summed E-state index contributed by atoms with van der Waals surface area (Å²) in [5.41, 5.74) is 1.51. The van der Waals surface area contributed by atoms with Gasteiger partial charge in [-0.05, 0) is 30.3 Å². The van der Waals surface area contributed by atoms with Gasteiger partial charge in [0.25, 0.3) is 5.91 Å². The lowest BCUT2D eigenvalue weighted by atomic mass is 10.2. The molecular weight excluding hydrogens is 240 g/mol. The van der Waals surface area contributed by atoms with E-state index in [1.54, 1.807) is 35.0 Å². The molecule has 1 amide bonds. The largest absolute Gasteiger partial charge is 0.341 e. The van der Waals surface area contributed by atoms with Crippen LogP contribution in [-0.2, 0) is 0 Å². The van der Waals surface area contributed by atoms with Gasteiger partial charge in [-0.1, -0.05) is 0 Å². The quantitative estimate of drug-likeness (QED) is 0.836. The number of hydrogen-bond acceptors (Lipinski definition) is 3. The lowest BCUT2D eigenvalue weighted by Crippen LogP contribution is -2.27. The van der Waals surface area contributed by atoms with Crippen LogP contribution < -0.4 is 0 Å². The zero-order chi connectivity index (χ0) is 13.7. The third-order valence-electron chi connectivity index (χ3n) is 2.79. The van der Waals surface area contributed by atoms with E-state index in [0.29, 0.717) is 18.5 Å². The van der Waals surface area contributed by atoms with Crippen LogP contribution >= 0.6 is 0 Å². The molecule has 0 saturated heterocycles. The van der Waals surface area contributed by atoms with Crippen molar-refractivity contribution in [2.45, 2.75) is 6.42 Å². The van der Waals surface area contributed by atoms with Gasteiger partial charge >= 0.3 is 0 Å². The van der Waals surface area contributed by atoms with Gasteiger partial charge in [0.15, 0.2) is 0 Å². The first-order valence-electron chi connectivity index (χ1n) is 5.95. The molecule has 2 rings (SSSR count). The average molecular weight is 254 g/mol. The predicted molar refractivity (Wildman–Crippen MR) is 70.8 cm³/mol. The average Bonchev–Trinajstić information content (AvgIpc) is 2.98. The Labute approximate surface area is 111 Å². The number of benzene rings is 1. The molecule has 0 aliphatic carbocycles. The maximum atomic E-state index is 12.0. The lowest BCUT2D eigenvalue weighted by molar-refractivity contribution is 0.0798. The smallest absolute Gasteiger partial charge is 0.253 e. The minimum atomic E-state index is -0.0812. The molecule has 5 heteroatoms. The van der Waals surface area contributed by atoms with E-state index >= 15 is 0 Å². The number of hydrogen-bond donors (Lipinski definition) is 0. The fraction of sp³-hybridized carbons (Fsp3) is 0.214. The molecule has 0 aliphatic heterocycles. The molecule has 1 aromatic heterocycles. The number of nitriles is 1. The van der Waals surface area contributed by atoms with Gasteiger partial charge in [-0.15, -0.1) is 0 Å². The van der Waals surface area contributed by atoms with Crippen LogP contribution in [0.4, 0.5) is 0 Å². The van der Waals surface area contributed by atoms with Gasteiger partial charge in [0, 0.05) is 31.5 Å². The molecule has 19 heavy (non-hydrogen) atoms. The van der Waals surface area contributed by atoms with Crippen LogP contribution in [0.5, 0.6) is 0 Å². The van der Waals surface area contributed by atoms with Gasteiger partial charge in [0.05, 0.1) is 18.2 Å². The van der Waals surface area contributed by atoms with Crippen LogP contribution in [0.2, 0.25) is 0 Å². The molecule has 96 valence electrons. The van der Waals surface area contributed by atoms with Crippen LogP contribution in [0.25, 0.3) is 5.69 Å². The first kappa shape index (κ1) is 12.8. The van der Waals surface area contributed by atoms with Gasteiger partial charge in [-0.3, -0.25) is 4.79 Å². The molecule has 0 atom stereocenters. The molecule has 0 fully saturated rings. The molecule has 5 nitrogen and oxygen atoms in total. The summed E-state index contributed by atoms with van der Waals surface area (Å²) in [5, 5.41) is 12.6. The highest BCUT2D eigenvalue weighted by Gasteiger charge is 2.11. The van der Waals surface area contributed by atoms with Crippen molar-refractivity contribution in [1.82, 2.24) is 14.7 Å². The van der Waals surface area contributed by atoms with Gasteiger partial charge in [0.1, 0.15) is 0 Å². The number of amides is 1. The van der Waals surface area contributed by atoms with Crippen molar-refractivity contribution in [3.8, 4) is 11.8 Å². The van der Waals surface area contributed by atoms with E-state index < -0.39 is 0 Å². The third-order valence-corrected chi connectivity index (χ3v) is 2.79. The maximum absolute atomic E-state index is 12.0. The summed E-state index contributed by atoms with van der Waals surface area (Å²) in [5.74, 6) is -0.0812. The molecular formula is C14H14N4O. The van der Waals surface area contributed by atoms with Gasteiger partial charge in [0.2, 0.25) is 0 Å². The van der Waals surface area contributed by atoms with Gasteiger partial charge in [-0.2, -0.15) is 10.4 Å². The van der Waals surface area contributed by atoms with E-state index in [2.05, 4.69) is 5.10 Å². The fourth-order valence-corrected chi connectivity index (χ4v) is 1.72. The van der Waals surface area contributed by atoms with E-state index in [0.717, 1.165) is 5.69 Å². The summed E-state index contributed by atoms with van der Waals surface area (Å²) < 4.78 is 1.73. The number of carbonyl (C=O) groups excluding carboxylic acids is 1. The highest BCUT2D eigenvalue weighted by molar-refractivity contribution is 5.94. The van der Waals surface area contributed by atoms with E-state index in [-0.39, 0.29) is 5.91 Å². The fourth-order valence-electron chi connectivity index (χ4n) is 1.72. The summed E-state index contributed by atoms with van der Waals surface area (Å²) in [6, 6.07) is 11.1. The Bertz CT molecular complexity index is 581. The van der Waals surface area contributed by atoms with Crippen molar-refractivity contribution >= 4 is 5.91 Å². The van der Waals surface area contributed by atoms with E-state index in [9.17, 15) is 4.79 Å². The van der Waals surface area contributed by atoms with E-state index in [4.69, 9.17) is 5.26 Å². The summed E-state index contributed by atoms with van der Waals surface area (Å²) in [4.78, 5) is 13.6. The first-order chi connectivity index (χ1) is 9.22. The maximum Gasteiger partial charge on any atom is 0.253 e. The number of carbonyl (C=O) groups is 1. The summed E-state index contributed by atoms with van der Waals surface area (Å²) in [6.07, 6.45) is 3.89. The van der Waals surface area contributed by atoms with Gasteiger partial charge < -0.3 is 4.90 Å². The van der Waals surface area contributed by atoms with Crippen LogP contribution in [-0.4, -0.2) is 34.2 Å². The Kier molecular flexibility index (Phi) is 3.94. The Morgan fingerprint density at radius 3 is 2.74 bits per heavy atom. The van der Waals surface area contributed by atoms with Crippen molar-refractivity contribution in [3.63, 3.8) is 0 Å².